The van der Waals surface area contributed by atoms with E-state index in [0.29, 0.717) is 12.5 Å². The van der Waals surface area contributed by atoms with Crippen molar-refractivity contribution < 1.29 is 13.6 Å². The number of nitrogens with one attached hydrogen (secondary N) is 2. The highest BCUT2D eigenvalue weighted by molar-refractivity contribution is 5.80. The summed E-state index contributed by atoms with van der Waals surface area (Å²) in [6.45, 7) is 4.75. The van der Waals surface area contributed by atoms with Crippen LogP contribution in [0.25, 0.3) is 0 Å². The largest absolute Gasteiger partial charge is 0.376 e. The fourth-order valence-corrected chi connectivity index (χ4v) is 1.40. The molecule has 1 aromatic carbocycles. The SMILES string of the molecule is CC(C)CCNC(=O)CNc1cc(F)cc(F)c1. The first-order chi connectivity index (χ1) is 8.47. The lowest BCUT2D eigenvalue weighted by atomic mass is 10.1. The van der Waals surface area contributed by atoms with Crippen LogP contribution in [-0.2, 0) is 4.79 Å². The number of benzene rings is 1. The minimum Gasteiger partial charge on any atom is -0.376 e. The molecule has 3 nitrogen and oxygen atoms in total. The van der Waals surface area contributed by atoms with Gasteiger partial charge in [0.2, 0.25) is 5.91 Å². The van der Waals surface area contributed by atoms with E-state index in [1.807, 2.05) is 0 Å². The number of amides is 1. The summed E-state index contributed by atoms with van der Waals surface area (Å²) in [6, 6.07) is 3.07. The zero-order valence-electron chi connectivity index (χ0n) is 10.6. The molecule has 0 spiro atoms. The summed E-state index contributed by atoms with van der Waals surface area (Å²) in [5.74, 6) is -1.01. The van der Waals surface area contributed by atoms with Crippen LogP contribution in [0.5, 0.6) is 0 Å². The van der Waals surface area contributed by atoms with Crippen LogP contribution in [0.3, 0.4) is 0 Å². The summed E-state index contributed by atoms with van der Waals surface area (Å²) in [5, 5.41) is 5.40. The smallest absolute Gasteiger partial charge is 0.239 e. The molecule has 0 saturated carbocycles. The van der Waals surface area contributed by atoms with Gasteiger partial charge < -0.3 is 10.6 Å². The molecule has 0 heterocycles. The van der Waals surface area contributed by atoms with Gasteiger partial charge in [0, 0.05) is 18.3 Å². The van der Waals surface area contributed by atoms with Crippen molar-refractivity contribution in [2.24, 2.45) is 5.92 Å². The molecular formula is C13H18F2N2O. The number of carbonyl (C=O) groups is 1. The van der Waals surface area contributed by atoms with E-state index in [2.05, 4.69) is 24.5 Å². The fraction of sp³-hybridized carbons (Fsp3) is 0.462. The third-order valence-electron chi connectivity index (χ3n) is 2.36. The normalized spacial score (nSPS) is 10.5. The molecule has 1 amide bonds. The van der Waals surface area contributed by atoms with Crippen LogP contribution in [0.1, 0.15) is 20.3 Å². The zero-order valence-corrected chi connectivity index (χ0v) is 10.6. The van der Waals surface area contributed by atoms with Crippen LogP contribution >= 0.6 is 0 Å². The number of anilines is 1. The van der Waals surface area contributed by atoms with Crippen LogP contribution in [0.15, 0.2) is 18.2 Å². The number of carbonyl (C=O) groups excluding carboxylic acids is 1. The van der Waals surface area contributed by atoms with E-state index in [-0.39, 0.29) is 18.1 Å². The zero-order chi connectivity index (χ0) is 13.5. The molecule has 18 heavy (non-hydrogen) atoms. The molecule has 0 aliphatic rings. The summed E-state index contributed by atoms with van der Waals surface area (Å²) in [5.41, 5.74) is 0.256. The van der Waals surface area contributed by atoms with E-state index >= 15 is 0 Å². The Hall–Kier alpha value is -1.65. The Morgan fingerprint density at radius 3 is 2.39 bits per heavy atom. The highest BCUT2D eigenvalue weighted by Crippen LogP contribution is 2.12. The second-order valence-corrected chi connectivity index (χ2v) is 4.54. The molecule has 100 valence electrons. The third kappa shape index (κ3) is 5.61. The molecule has 0 saturated heterocycles. The van der Waals surface area contributed by atoms with E-state index in [4.69, 9.17) is 0 Å². The van der Waals surface area contributed by atoms with E-state index < -0.39 is 11.6 Å². The van der Waals surface area contributed by atoms with Crippen LogP contribution in [-0.4, -0.2) is 19.0 Å². The minimum atomic E-state index is -0.669. The first kappa shape index (κ1) is 14.4. The maximum absolute atomic E-state index is 12.9. The topological polar surface area (TPSA) is 41.1 Å². The predicted molar refractivity (Wildman–Crippen MR) is 67.3 cm³/mol. The van der Waals surface area contributed by atoms with Gasteiger partial charge in [-0.05, 0) is 24.5 Å². The molecule has 0 aliphatic heterocycles. The van der Waals surface area contributed by atoms with Gasteiger partial charge in [0.25, 0.3) is 0 Å². The van der Waals surface area contributed by atoms with Crippen LogP contribution < -0.4 is 10.6 Å². The Morgan fingerprint density at radius 1 is 1.22 bits per heavy atom. The maximum atomic E-state index is 12.9. The van der Waals surface area contributed by atoms with Crippen molar-refractivity contribution in [1.29, 1.82) is 0 Å². The van der Waals surface area contributed by atoms with Gasteiger partial charge in [-0.2, -0.15) is 0 Å². The maximum Gasteiger partial charge on any atom is 0.239 e. The van der Waals surface area contributed by atoms with E-state index in [0.717, 1.165) is 24.6 Å². The van der Waals surface area contributed by atoms with Crippen molar-refractivity contribution in [2.75, 3.05) is 18.4 Å². The van der Waals surface area contributed by atoms with Gasteiger partial charge in [0.05, 0.1) is 6.54 Å². The van der Waals surface area contributed by atoms with E-state index in [1.165, 1.54) is 0 Å². The second kappa shape index (κ2) is 6.93. The Morgan fingerprint density at radius 2 is 1.83 bits per heavy atom. The summed E-state index contributed by atoms with van der Waals surface area (Å²) in [6.07, 6.45) is 0.903. The summed E-state index contributed by atoms with van der Waals surface area (Å²) in [7, 11) is 0. The average Bonchev–Trinajstić information content (AvgIpc) is 2.24. The van der Waals surface area contributed by atoms with E-state index in [9.17, 15) is 13.6 Å². The molecule has 0 atom stereocenters. The van der Waals surface area contributed by atoms with Gasteiger partial charge >= 0.3 is 0 Å². The summed E-state index contributed by atoms with van der Waals surface area (Å²) in [4.78, 5) is 11.4. The first-order valence-corrected chi connectivity index (χ1v) is 5.94. The van der Waals surface area contributed by atoms with Crippen molar-refractivity contribution in [1.82, 2.24) is 5.32 Å². The van der Waals surface area contributed by atoms with Crippen molar-refractivity contribution in [3.63, 3.8) is 0 Å². The van der Waals surface area contributed by atoms with Crippen molar-refractivity contribution in [3.05, 3.63) is 29.8 Å². The Kier molecular flexibility index (Phi) is 5.55. The van der Waals surface area contributed by atoms with Crippen molar-refractivity contribution >= 4 is 11.6 Å². The van der Waals surface area contributed by atoms with Crippen molar-refractivity contribution in [3.8, 4) is 0 Å². The minimum absolute atomic E-state index is 0.000981. The van der Waals surface area contributed by atoms with Gasteiger partial charge in [0.1, 0.15) is 11.6 Å². The Labute approximate surface area is 106 Å². The highest BCUT2D eigenvalue weighted by atomic mass is 19.1. The molecule has 0 radical (unpaired) electrons. The predicted octanol–water partition coefficient (Wildman–Crippen LogP) is 2.54. The summed E-state index contributed by atoms with van der Waals surface area (Å²) >= 11 is 0. The molecule has 0 aromatic heterocycles. The number of rotatable bonds is 6. The monoisotopic (exact) mass is 256 g/mol. The molecular weight excluding hydrogens is 238 g/mol. The molecule has 2 N–H and O–H groups in total. The fourth-order valence-electron chi connectivity index (χ4n) is 1.40. The standard InChI is InChI=1S/C13H18F2N2O/c1-9(2)3-4-16-13(18)8-17-12-6-10(14)5-11(15)7-12/h5-7,9,17H,3-4,8H2,1-2H3,(H,16,18). The Bertz CT molecular complexity index is 388. The van der Waals surface area contributed by atoms with Gasteiger partial charge in [0.15, 0.2) is 0 Å². The lowest BCUT2D eigenvalue weighted by Gasteiger charge is -2.09. The Balaban J connectivity index is 2.33. The molecule has 1 aromatic rings. The van der Waals surface area contributed by atoms with Crippen LogP contribution in [0.2, 0.25) is 0 Å². The first-order valence-electron chi connectivity index (χ1n) is 5.94. The van der Waals surface area contributed by atoms with Crippen molar-refractivity contribution in [2.45, 2.75) is 20.3 Å². The average molecular weight is 256 g/mol. The van der Waals surface area contributed by atoms with Gasteiger partial charge in [-0.15, -0.1) is 0 Å². The van der Waals surface area contributed by atoms with Gasteiger partial charge in [-0.25, -0.2) is 8.78 Å². The lowest BCUT2D eigenvalue weighted by molar-refractivity contribution is -0.119. The number of hydrogen-bond acceptors (Lipinski definition) is 2. The highest BCUT2D eigenvalue weighted by Gasteiger charge is 2.04. The molecule has 0 bridgehead atoms. The van der Waals surface area contributed by atoms with Crippen LogP contribution in [0.4, 0.5) is 14.5 Å². The quantitative estimate of drug-likeness (QED) is 0.821. The van der Waals surface area contributed by atoms with Gasteiger partial charge in [-0.3, -0.25) is 4.79 Å². The second-order valence-electron chi connectivity index (χ2n) is 4.54. The molecule has 0 fully saturated rings. The third-order valence-corrected chi connectivity index (χ3v) is 2.36. The lowest BCUT2D eigenvalue weighted by Crippen LogP contribution is -2.31. The van der Waals surface area contributed by atoms with Gasteiger partial charge in [-0.1, -0.05) is 13.8 Å². The van der Waals surface area contributed by atoms with Crippen LogP contribution in [0, 0.1) is 17.6 Å². The number of halogens is 2. The molecule has 5 heteroatoms. The molecule has 0 aliphatic carbocycles. The molecule has 1 rings (SSSR count). The summed E-state index contributed by atoms with van der Waals surface area (Å²) < 4.78 is 25.7. The van der Waals surface area contributed by atoms with E-state index in [1.54, 1.807) is 0 Å². The molecule has 0 unspecified atom stereocenters. The number of hydrogen-bond donors (Lipinski definition) is 2.